The molecule has 23 heavy (non-hydrogen) atoms. The van der Waals surface area contributed by atoms with Crippen molar-refractivity contribution in [2.24, 2.45) is 5.41 Å². The van der Waals surface area contributed by atoms with Gasteiger partial charge in [-0.05, 0) is 18.9 Å². The van der Waals surface area contributed by atoms with E-state index in [0.717, 1.165) is 10.6 Å². The number of nitrogens with zero attached hydrogens (tertiary/aromatic N) is 1. The number of furan rings is 1. The van der Waals surface area contributed by atoms with Crippen LogP contribution >= 0.6 is 11.3 Å². The first-order valence-corrected chi connectivity index (χ1v) is 8.35. The lowest BCUT2D eigenvalue weighted by molar-refractivity contribution is -0.149. The van der Waals surface area contributed by atoms with Crippen LogP contribution in [0.3, 0.4) is 0 Å². The Hall–Kier alpha value is -2.15. The summed E-state index contributed by atoms with van der Waals surface area (Å²) in [5, 5.41) is 14.7. The van der Waals surface area contributed by atoms with Gasteiger partial charge in [-0.25, -0.2) is 4.98 Å². The standard InChI is InChI=1S/C16H20N2O4S/c1-3-16(4-2,15(20)21)10-17-13(19)7-12-9-23-14(18-12)11-5-6-22-8-11/h5-6,8-9H,3-4,7,10H2,1-2H3,(H,17,19)(H,20,21). The van der Waals surface area contributed by atoms with Crippen LogP contribution in [-0.2, 0) is 16.0 Å². The zero-order valence-electron chi connectivity index (χ0n) is 13.2. The molecule has 0 aliphatic rings. The van der Waals surface area contributed by atoms with Crippen molar-refractivity contribution in [2.75, 3.05) is 6.54 Å². The number of thiazole rings is 1. The minimum atomic E-state index is -0.903. The summed E-state index contributed by atoms with van der Waals surface area (Å²) in [5.41, 5.74) is 0.640. The molecule has 2 N–H and O–H groups in total. The fourth-order valence-electron chi connectivity index (χ4n) is 2.28. The second-order valence-electron chi connectivity index (χ2n) is 5.40. The van der Waals surface area contributed by atoms with Crippen LogP contribution in [0.15, 0.2) is 28.4 Å². The molecule has 0 aliphatic heterocycles. The van der Waals surface area contributed by atoms with E-state index in [1.165, 1.54) is 11.3 Å². The van der Waals surface area contributed by atoms with Crippen molar-refractivity contribution in [3.8, 4) is 10.6 Å². The molecule has 6 nitrogen and oxygen atoms in total. The predicted molar refractivity (Wildman–Crippen MR) is 87.2 cm³/mol. The Bertz CT molecular complexity index is 659. The van der Waals surface area contributed by atoms with Crippen LogP contribution in [0.25, 0.3) is 10.6 Å². The van der Waals surface area contributed by atoms with Gasteiger partial charge >= 0.3 is 5.97 Å². The molecule has 1 amide bonds. The van der Waals surface area contributed by atoms with Gasteiger partial charge < -0.3 is 14.8 Å². The van der Waals surface area contributed by atoms with Gasteiger partial charge in [-0.15, -0.1) is 11.3 Å². The van der Waals surface area contributed by atoms with Gasteiger partial charge in [-0.2, -0.15) is 0 Å². The van der Waals surface area contributed by atoms with Gasteiger partial charge in [0.1, 0.15) is 11.3 Å². The zero-order chi connectivity index (χ0) is 16.9. The minimum absolute atomic E-state index is 0.132. The maximum absolute atomic E-state index is 12.1. The summed E-state index contributed by atoms with van der Waals surface area (Å²) in [5.74, 6) is -1.10. The lowest BCUT2D eigenvalue weighted by Gasteiger charge is -2.26. The molecule has 2 heterocycles. The Morgan fingerprint density at radius 2 is 2.13 bits per heavy atom. The largest absolute Gasteiger partial charge is 0.481 e. The van der Waals surface area contributed by atoms with Gasteiger partial charge in [0.2, 0.25) is 5.91 Å². The molecule has 0 atom stereocenters. The molecule has 2 aromatic heterocycles. The summed E-state index contributed by atoms with van der Waals surface area (Å²) in [6.45, 7) is 3.77. The molecular weight excluding hydrogens is 316 g/mol. The number of carboxylic acids is 1. The number of nitrogens with one attached hydrogen (secondary N) is 1. The molecular formula is C16H20N2O4S. The fraction of sp³-hybridized carbons (Fsp3) is 0.438. The highest BCUT2D eigenvalue weighted by molar-refractivity contribution is 7.13. The molecule has 2 aromatic rings. The quantitative estimate of drug-likeness (QED) is 0.773. The van der Waals surface area contributed by atoms with Crippen LogP contribution in [0.5, 0.6) is 0 Å². The number of aromatic nitrogens is 1. The number of carboxylic acid groups (broad SMARTS) is 1. The van der Waals surface area contributed by atoms with Crippen LogP contribution < -0.4 is 5.32 Å². The SMILES string of the molecule is CCC(CC)(CNC(=O)Cc1csc(-c2ccoc2)n1)C(=O)O. The third-order valence-corrected chi connectivity index (χ3v) is 5.03. The maximum Gasteiger partial charge on any atom is 0.311 e. The Balaban J connectivity index is 1.94. The molecule has 0 saturated heterocycles. The van der Waals surface area contributed by atoms with Gasteiger partial charge in [-0.3, -0.25) is 9.59 Å². The van der Waals surface area contributed by atoms with Gasteiger partial charge in [0.25, 0.3) is 0 Å². The van der Waals surface area contributed by atoms with Crippen LogP contribution in [0.4, 0.5) is 0 Å². The molecule has 0 fully saturated rings. The van der Waals surface area contributed by atoms with Crippen molar-refractivity contribution in [2.45, 2.75) is 33.1 Å². The monoisotopic (exact) mass is 336 g/mol. The van der Waals surface area contributed by atoms with E-state index >= 15 is 0 Å². The van der Waals surface area contributed by atoms with E-state index in [0.29, 0.717) is 18.5 Å². The molecule has 124 valence electrons. The van der Waals surface area contributed by atoms with E-state index in [4.69, 9.17) is 4.42 Å². The minimum Gasteiger partial charge on any atom is -0.481 e. The van der Waals surface area contributed by atoms with Crippen molar-refractivity contribution in [3.05, 3.63) is 29.7 Å². The molecule has 7 heteroatoms. The van der Waals surface area contributed by atoms with Crippen LogP contribution in [0, 0.1) is 5.41 Å². The average molecular weight is 336 g/mol. The number of hydrogen-bond acceptors (Lipinski definition) is 5. The van der Waals surface area contributed by atoms with Crippen LogP contribution in [0.2, 0.25) is 0 Å². The molecule has 0 bridgehead atoms. The molecule has 2 rings (SSSR count). The lowest BCUT2D eigenvalue weighted by Crippen LogP contribution is -2.42. The van der Waals surface area contributed by atoms with Crippen LogP contribution in [0.1, 0.15) is 32.4 Å². The Labute approximate surface area is 138 Å². The number of carbonyl (C=O) groups is 2. The van der Waals surface area contributed by atoms with E-state index in [1.54, 1.807) is 12.5 Å². The van der Waals surface area contributed by atoms with Gasteiger partial charge in [0, 0.05) is 17.5 Å². The van der Waals surface area contributed by atoms with E-state index < -0.39 is 11.4 Å². The number of rotatable bonds is 8. The van der Waals surface area contributed by atoms with Crippen LogP contribution in [-0.4, -0.2) is 28.5 Å². The third kappa shape index (κ3) is 3.98. The Kier molecular flexibility index (Phi) is 5.54. The summed E-state index contributed by atoms with van der Waals surface area (Å²) in [6.07, 6.45) is 4.26. The highest BCUT2D eigenvalue weighted by Crippen LogP contribution is 2.26. The van der Waals surface area contributed by atoms with Crippen molar-refractivity contribution >= 4 is 23.2 Å². The summed E-state index contributed by atoms with van der Waals surface area (Å²) in [4.78, 5) is 27.9. The summed E-state index contributed by atoms with van der Waals surface area (Å²) in [6, 6.07) is 1.81. The normalized spacial score (nSPS) is 11.4. The first kappa shape index (κ1) is 17.2. The van der Waals surface area contributed by atoms with Gasteiger partial charge in [0.05, 0.1) is 23.8 Å². The number of aliphatic carboxylic acids is 1. The van der Waals surface area contributed by atoms with E-state index in [9.17, 15) is 14.7 Å². The molecule has 0 saturated carbocycles. The molecule has 0 unspecified atom stereocenters. The Morgan fingerprint density at radius 1 is 1.39 bits per heavy atom. The maximum atomic E-state index is 12.1. The summed E-state index contributed by atoms with van der Waals surface area (Å²) < 4.78 is 5.01. The molecule has 0 radical (unpaired) electrons. The number of hydrogen-bond donors (Lipinski definition) is 2. The Morgan fingerprint density at radius 3 is 2.70 bits per heavy atom. The second kappa shape index (κ2) is 7.41. The van der Waals surface area contributed by atoms with E-state index in [2.05, 4.69) is 10.3 Å². The molecule has 0 spiro atoms. The van der Waals surface area contributed by atoms with Gasteiger partial charge in [0.15, 0.2) is 0 Å². The van der Waals surface area contributed by atoms with Crippen molar-refractivity contribution < 1.29 is 19.1 Å². The average Bonchev–Trinajstić information content (AvgIpc) is 3.19. The van der Waals surface area contributed by atoms with Gasteiger partial charge in [-0.1, -0.05) is 13.8 Å². The first-order valence-electron chi connectivity index (χ1n) is 7.48. The molecule has 0 aliphatic carbocycles. The fourth-order valence-corrected chi connectivity index (χ4v) is 3.09. The van der Waals surface area contributed by atoms with E-state index in [-0.39, 0.29) is 18.9 Å². The summed E-state index contributed by atoms with van der Waals surface area (Å²) >= 11 is 1.44. The zero-order valence-corrected chi connectivity index (χ0v) is 14.0. The predicted octanol–water partition coefficient (Wildman–Crippen LogP) is 2.95. The first-order chi connectivity index (χ1) is 11.0. The highest BCUT2D eigenvalue weighted by Gasteiger charge is 2.35. The third-order valence-electron chi connectivity index (χ3n) is 4.09. The van der Waals surface area contributed by atoms with Crippen molar-refractivity contribution in [1.82, 2.24) is 10.3 Å². The smallest absolute Gasteiger partial charge is 0.311 e. The lowest BCUT2D eigenvalue weighted by atomic mass is 9.82. The second-order valence-corrected chi connectivity index (χ2v) is 6.26. The molecule has 0 aromatic carbocycles. The van der Waals surface area contributed by atoms with E-state index in [1.807, 2.05) is 25.3 Å². The number of carbonyl (C=O) groups excluding carboxylic acids is 1. The van der Waals surface area contributed by atoms with Crippen molar-refractivity contribution in [3.63, 3.8) is 0 Å². The summed E-state index contributed by atoms with van der Waals surface area (Å²) in [7, 11) is 0. The van der Waals surface area contributed by atoms with Crippen molar-refractivity contribution in [1.29, 1.82) is 0 Å². The number of amides is 1. The highest BCUT2D eigenvalue weighted by atomic mass is 32.1. The topological polar surface area (TPSA) is 92.4 Å².